The maximum atomic E-state index is 12.5. The third kappa shape index (κ3) is 3.63. The van der Waals surface area contributed by atoms with Gasteiger partial charge in [0.15, 0.2) is 0 Å². The lowest BCUT2D eigenvalue weighted by Crippen LogP contribution is -2.15. The molecule has 1 heterocycles. The molecule has 2 nitrogen and oxygen atoms in total. The molecule has 6 heteroatoms. The van der Waals surface area contributed by atoms with E-state index in [4.69, 9.17) is 5.73 Å². The highest BCUT2D eigenvalue weighted by Gasteiger charge is 2.30. The fraction of sp³-hybridized carbons (Fsp3) is 0.400. The second kappa shape index (κ2) is 5.42. The third-order valence-corrected chi connectivity index (χ3v) is 4.08. The SMILES string of the molecule is CC(C)(C)c1csc(C(N)c2ccc(C(F)(F)F)cc2)n1. The van der Waals surface area contributed by atoms with Crippen molar-refractivity contribution in [2.75, 3.05) is 0 Å². The molecule has 0 aliphatic carbocycles. The van der Waals surface area contributed by atoms with Gasteiger partial charge in [0.25, 0.3) is 0 Å². The van der Waals surface area contributed by atoms with Crippen LogP contribution in [0.1, 0.15) is 48.6 Å². The molecule has 0 saturated carbocycles. The lowest BCUT2D eigenvalue weighted by atomic mass is 9.93. The smallest absolute Gasteiger partial charge is 0.318 e. The van der Waals surface area contributed by atoms with Crippen LogP contribution in [0.25, 0.3) is 0 Å². The molecule has 1 aromatic carbocycles. The number of hydrogen-bond acceptors (Lipinski definition) is 3. The van der Waals surface area contributed by atoms with Crippen LogP contribution in [0.2, 0.25) is 0 Å². The molecule has 2 aromatic rings. The van der Waals surface area contributed by atoms with Crippen LogP contribution >= 0.6 is 11.3 Å². The molecule has 0 fully saturated rings. The van der Waals surface area contributed by atoms with Crippen molar-refractivity contribution in [1.29, 1.82) is 0 Å². The minimum Gasteiger partial charge on any atom is -0.318 e. The molecular weight excluding hydrogens is 297 g/mol. The van der Waals surface area contributed by atoms with Gasteiger partial charge in [-0.2, -0.15) is 13.2 Å². The Morgan fingerprint density at radius 3 is 2.10 bits per heavy atom. The fourth-order valence-corrected chi connectivity index (χ4v) is 2.87. The van der Waals surface area contributed by atoms with Gasteiger partial charge in [0.2, 0.25) is 0 Å². The zero-order valence-electron chi connectivity index (χ0n) is 12.0. The maximum Gasteiger partial charge on any atom is 0.416 e. The van der Waals surface area contributed by atoms with Crippen molar-refractivity contribution >= 4 is 11.3 Å². The van der Waals surface area contributed by atoms with Crippen LogP contribution in [0.3, 0.4) is 0 Å². The van der Waals surface area contributed by atoms with Crippen LogP contribution in [-0.4, -0.2) is 4.98 Å². The van der Waals surface area contributed by atoms with Gasteiger partial charge >= 0.3 is 6.18 Å². The van der Waals surface area contributed by atoms with Gasteiger partial charge in [-0.05, 0) is 17.7 Å². The van der Waals surface area contributed by atoms with Crippen molar-refractivity contribution in [3.8, 4) is 0 Å². The van der Waals surface area contributed by atoms with Crippen LogP contribution in [0.15, 0.2) is 29.6 Å². The summed E-state index contributed by atoms with van der Waals surface area (Å²) in [6.07, 6.45) is -4.33. The monoisotopic (exact) mass is 314 g/mol. The number of hydrogen-bond donors (Lipinski definition) is 1. The molecule has 0 aliphatic heterocycles. The molecule has 0 amide bonds. The number of alkyl halides is 3. The molecule has 1 atom stereocenters. The van der Waals surface area contributed by atoms with E-state index in [1.807, 2.05) is 5.38 Å². The second-order valence-corrected chi connectivity index (χ2v) is 6.81. The second-order valence-electron chi connectivity index (χ2n) is 5.92. The number of nitrogens with zero attached hydrogens (tertiary/aromatic N) is 1. The van der Waals surface area contributed by atoms with Crippen LogP contribution < -0.4 is 5.73 Å². The van der Waals surface area contributed by atoms with E-state index in [0.717, 1.165) is 17.8 Å². The van der Waals surface area contributed by atoms with Crippen LogP contribution in [0.4, 0.5) is 13.2 Å². The summed E-state index contributed by atoms with van der Waals surface area (Å²) in [7, 11) is 0. The third-order valence-electron chi connectivity index (χ3n) is 3.15. The van der Waals surface area contributed by atoms with Gasteiger partial charge in [0.05, 0.1) is 17.3 Å². The highest BCUT2D eigenvalue weighted by molar-refractivity contribution is 7.09. The first-order valence-electron chi connectivity index (χ1n) is 6.47. The Morgan fingerprint density at radius 2 is 1.67 bits per heavy atom. The van der Waals surface area contributed by atoms with E-state index < -0.39 is 17.8 Å². The molecule has 2 N–H and O–H groups in total. The van der Waals surface area contributed by atoms with Gasteiger partial charge < -0.3 is 5.73 Å². The summed E-state index contributed by atoms with van der Waals surface area (Å²) < 4.78 is 37.6. The van der Waals surface area contributed by atoms with E-state index >= 15 is 0 Å². The van der Waals surface area contributed by atoms with Crippen molar-refractivity contribution in [2.24, 2.45) is 5.73 Å². The normalized spacial score (nSPS) is 14.2. The zero-order valence-corrected chi connectivity index (χ0v) is 12.8. The number of thiazole rings is 1. The van der Waals surface area contributed by atoms with Crippen LogP contribution in [0, 0.1) is 0 Å². The average Bonchev–Trinajstić information content (AvgIpc) is 2.86. The first kappa shape index (κ1) is 16.0. The molecule has 21 heavy (non-hydrogen) atoms. The minimum atomic E-state index is -4.33. The number of benzene rings is 1. The summed E-state index contributed by atoms with van der Waals surface area (Å²) in [5.41, 5.74) is 6.91. The Hall–Kier alpha value is -1.40. The Labute approximate surface area is 125 Å². The van der Waals surface area contributed by atoms with Gasteiger partial charge in [-0.15, -0.1) is 11.3 Å². The Kier molecular flexibility index (Phi) is 4.13. The molecule has 0 aliphatic rings. The summed E-state index contributed by atoms with van der Waals surface area (Å²) in [4.78, 5) is 4.50. The summed E-state index contributed by atoms with van der Waals surface area (Å²) in [5.74, 6) is 0. The maximum absolute atomic E-state index is 12.5. The van der Waals surface area contributed by atoms with Crippen molar-refractivity contribution in [3.63, 3.8) is 0 Å². The first-order chi connectivity index (χ1) is 9.59. The summed E-state index contributed by atoms with van der Waals surface area (Å²) >= 11 is 1.43. The van der Waals surface area contributed by atoms with Gasteiger partial charge in [-0.25, -0.2) is 4.98 Å². The quantitative estimate of drug-likeness (QED) is 0.886. The predicted octanol–water partition coefficient (Wildman–Crippen LogP) is 4.51. The molecule has 2 rings (SSSR count). The average molecular weight is 314 g/mol. The molecule has 0 spiro atoms. The minimum absolute atomic E-state index is 0.0748. The van der Waals surface area contributed by atoms with Crippen molar-refractivity contribution in [3.05, 3.63) is 51.5 Å². The van der Waals surface area contributed by atoms with E-state index in [-0.39, 0.29) is 5.41 Å². The van der Waals surface area contributed by atoms with E-state index in [1.54, 1.807) is 0 Å². The highest BCUT2D eigenvalue weighted by atomic mass is 32.1. The fourth-order valence-electron chi connectivity index (χ4n) is 1.80. The topological polar surface area (TPSA) is 38.9 Å². The number of aromatic nitrogens is 1. The predicted molar refractivity (Wildman–Crippen MR) is 78.3 cm³/mol. The van der Waals surface area contributed by atoms with Gasteiger partial charge in [0, 0.05) is 10.8 Å². The molecule has 1 unspecified atom stereocenters. The van der Waals surface area contributed by atoms with E-state index in [0.29, 0.717) is 10.6 Å². The molecule has 1 aromatic heterocycles. The summed E-state index contributed by atoms with van der Waals surface area (Å²) in [6.45, 7) is 6.15. The standard InChI is InChI=1S/C15H17F3N2S/c1-14(2,3)11-8-21-13(20-11)12(19)9-4-6-10(7-5-9)15(16,17)18/h4-8,12H,19H2,1-3H3. The van der Waals surface area contributed by atoms with Gasteiger partial charge in [-0.1, -0.05) is 32.9 Å². The van der Waals surface area contributed by atoms with Crippen molar-refractivity contribution < 1.29 is 13.2 Å². The number of nitrogens with two attached hydrogens (primary N) is 1. The number of rotatable bonds is 2. The first-order valence-corrected chi connectivity index (χ1v) is 7.35. The summed E-state index contributed by atoms with van der Waals surface area (Å²) in [6, 6.07) is 4.41. The summed E-state index contributed by atoms with van der Waals surface area (Å²) in [5, 5.41) is 2.65. The number of halogens is 3. The highest BCUT2D eigenvalue weighted by Crippen LogP contribution is 2.32. The Morgan fingerprint density at radius 1 is 1.10 bits per heavy atom. The largest absolute Gasteiger partial charge is 0.416 e. The van der Waals surface area contributed by atoms with E-state index in [2.05, 4.69) is 25.8 Å². The lowest BCUT2D eigenvalue weighted by molar-refractivity contribution is -0.137. The Bertz CT molecular complexity index is 609. The molecule has 114 valence electrons. The van der Waals surface area contributed by atoms with Gasteiger partial charge in [-0.3, -0.25) is 0 Å². The zero-order chi connectivity index (χ0) is 15.8. The van der Waals surface area contributed by atoms with E-state index in [1.165, 1.54) is 23.5 Å². The van der Waals surface area contributed by atoms with Crippen molar-refractivity contribution in [2.45, 2.75) is 38.4 Å². The van der Waals surface area contributed by atoms with Crippen LogP contribution in [-0.2, 0) is 11.6 Å². The molecular formula is C15H17F3N2S. The molecule has 0 radical (unpaired) electrons. The Balaban J connectivity index is 2.24. The van der Waals surface area contributed by atoms with E-state index in [9.17, 15) is 13.2 Å². The van der Waals surface area contributed by atoms with Crippen molar-refractivity contribution in [1.82, 2.24) is 4.98 Å². The molecule has 0 bridgehead atoms. The lowest BCUT2D eigenvalue weighted by Gasteiger charge is -2.15. The molecule has 0 saturated heterocycles. The van der Waals surface area contributed by atoms with Gasteiger partial charge in [0.1, 0.15) is 5.01 Å². The van der Waals surface area contributed by atoms with Crippen LogP contribution in [0.5, 0.6) is 0 Å².